The molecule has 2 amide bonds. The number of rotatable bonds is 2. The van der Waals surface area contributed by atoms with Crippen molar-refractivity contribution in [2.75, 3.05) is 13.1 Å². The summed E-state index contributed by atoms with van der Waals surface area (Å²) in [6.07, 6.45) is 4.75. The molecule has 1 aliphatic heterocycles. The Morgan fingerprint density at radius 1 is 1.27 bits per heavy atom. The summed E-state index contributed by atoms with van der Waals surface area (Å²) >= 11 is 0. The van der Waals surface area contributed by atoms with Gasteiger partial charge in [-0.05, 0) is 58.2 Å². The van der Waals surface area contributed by atoms with E-state index in [2.05, 4.69) is 10.3 Å². The lowest BCUT2D eigenvalue weighted by Gasteiger charge is -2.33. The maximum atomic E-state index is 12.5. The van der Waals surface area contributed by atoms with E-state index in [4.69, 9.17) is 4.74 Å². The first-order chi connectivity index (χ1) is 12.2. The van der Waals surface area contributed by atoms with E-state index in [0.29, 0.717) is 31.6 Å². The zero-order chi connectivity index (χ0) is 18.9. The lowest BCUT2D eigenvalue weighted by atomic mass is 10.1. The van der Waals surface area contributed by atoms with Gasteiger partial charge in [0.05, 0.1) is 0 Å². The number of likely N-dealkylation sites (tertiary alicyclic amines) is 1. The van der Waals surface area contributed by atoms with Crippen LogP contribution < -0.4 is 5.32 Å². The number of ether oxygens (including phenoxy) is 1. The zero-order valence-corrected chi connectivity index (χ0v) is 15.8. The molecule has 0 saturated carbocycles. The molecular weight excluding hydrogens is 332 g/mol. The van der Waals surface area contributed by atoms with Crippen molar-refractivity contribution in [1.82, 2.24) is 19.6 Å². The van der Waals surface area contributed by atoms with Crippen molar-refractivity contribution in [2.24, 2.45) is 0 Å². The molecule has 7 heteroatoms. The summed E-state index contributed by atoms with van der Waals surface area (Å²) in [6, 6.07) is 3.95. The fourth-order valence-corrected chi connectivity index (χ4v) is 2.99. The number of hydrogen-bond donors (Lipinski definition) is 1. The number of piperidine rings is 1. The Bertz CT molecular complexity index is 814. The minimum Gasteiger partial charge on any atom is -0.444 e. The maximum Gasteiger partial charge on any atom is 0.410 e. The fraction of sp³-hybridized carbons (Fsp3) is 0.526. The number of pyridine rings is 1. The Hall–Kier alpha value is -2.57. The van der Waals surface area contributed by atoms with Crippen LogP contribution in [0.25, 0.3) is 5.65 Å². The van der Waals surface area contributed by atoms with Gasteiger partial charge >= 0.3 is 6.09 Å². The van der Waals surface area contributed by atoms with Crippen LogP contribution in [-0.4, -0.2) is 51.0 Å². The molecule has 0 bridgehead atoms. The first-order valence-corrected chi connectivity index (χ1v) is 8.95. The number of nitrogens with one attached hydrogen (secondary N) is 1. The van der Waals surface area contributed by atoms with E-state index in [-0.39, 0.29) is 18.0 Å². The molecule has 0 aliphatic carbocycles. The van der Waals surface area contributed by atoms with E-state index in [1.165, 1.54) is 0 Å². The number of carbonyl (C=O) groups excluding carboxylic acids is 2. The van der Waals surface area contributed by atoms with Gasteiger partial charge in [0.25, 0.3) is 5.91 Å². The third-order valence-corrected chi connectivity index (χ3v) is 4.33. The van der Waals surface area contributed by atoms with E-state index in [1.54, 1.807) is 11.1 Å². The molecule has 3 heterocycles. The number of aryl methyl sites for hydroxylation is 1. The average molecular weight is 358 g/mol. The first-order valence-electron chi connectivity index (χ1n) is 8.95. The van der Waals surface area contributed by atoms with Gasteiger partial charge in [-0.1, -0.05) is 0 Å². The molecule has 3 rings (SSSR count). The number of aromatic nitrogens is 2. The van der Waals surface area contributed by atoms with E-state index in [9.17, 15) is 9.59 Å². The second-order valence-corrected chi connectivity index (χ2v) is 7.81. The van der Waals surface area contributed by atoms with Crippen molar-refractivity contribution in [1.29, 1.82) is 0 Å². The summed E-state index contributed by atoms with van der Waals surface area (Å²) in [6.45, 7) is 8.71. The van der Waals surface area contributed by atoms with Gasteiger partial charge in [-0.15, -0.1) is 0 Å². The van der Waals surface area contributed by atoms with Crippen LogP contribution in [0.4, 0.5) is 4.79 Å². The summed E-state index contributed by atoms with van der Waals surface area (Å²) in [4.78, 5) is 30.7. The minimum absolute atomic E-state index is 0.0349. The molecule has 0 spiro atoms. The second-order valence-electron chi connectivity index (χ2n) is 7.81. The third kappa shape index (κ3) is 4.33. The lowest BCUT2D eigenvalue weighted by molar-refractivity contribution is 0.0199. The van der Waals surface area contributed by atoms with Crippen molar-refractivity contribution in [3.63, 3.8) is 0 Å². The molecule has 2 aromatic rings. The van der Waals surface area contributed by atoms with Gasteiger partial charge in [-0.25, -0.2) is 9.78 Å². The number of hydrogen-bond acceptors (Lipinski definition) is 4. The number of amides is 2. The topological polar surface area (TPSA) is 75.9 Å². The molecule has 2 aromatic heterocycles. The van der Waals surface area contributed by atoms with Crippen LogP contribution in [0.15, 0.2) is 24.5 Å². The SMILES string of the molecule is Cc1ccn2cc(C(=O)NC3CCN(C(=O)OC(C)(C)C)CC3)nc2c1. The number of fused-ring (bicyclic) bond motifs is 1. The Morgan fingerprint density at radius 3 is 2.62 bits per heavy atom. The molecule has 1 aliphatic rings. The molecule has 26 heavy (non-hydrogen) atoms. The van der Waals surface area contributed by atoms with Gasteiger partial charge < -0.3 is 19.4 Å². The Kier molecular flexibility index (Phi) is 4.89. The molecule has 0 radical (unpaired) electrons. The van der Waals surface area contributed by atoms with Gasteiger partial charge in [0.2, 0.25) is 0 Å². The molecule has 0 unspecified atom stereocenters. The highest BCUT2D eigenvalue weighted by Crippen LogP contribution is 2.16. The van der Waals surface area contributed by atoms with E-state index < -0.39 is 5.60 Å². The lowest BCUT2D eigenvalue weighted by Crippen LogP contribution is -2.47. The van der Waals surface area contributed by atoms with Gasteiger partial charge in [0.15, 0.2) is 0 Å². The van der Waals surface area contributed by atoms with Crippen LogP contribution in [0, 0.1) is 6.92 Å². The van der Waals surface area contributed by atoms with Crippen LogP contribution in [0.1, 0.15) is 49.7 Å². The van der Waals surface area contributed by atoms with E-state index in [0.717, 1.165) is 11.2 Å². The molecular formula is C19H26N4O3. The molecule has 140 valence electrons. The highest BCUT2D eigenvalue weighted by molar-refractivity contribution is 5.93. The van der Waals surface area contributed by atoms with Crippen molar-refractivity contribution in [3.05, 3.63) is 35.8 Å². The molecule has 1 fully saturated rings. The first kappa shape index (κ1) is 18.2. The van der Waals surface area contributed by atoms with E-state index >= 15 is 0 Å². The zero-order valence-electron chi connectivity index (χ0n) is 15.8. The van der Waals surface area contributed by atoms with Crippen LogP contribution in [0.5, 0.6) is 0 Å². The highest BCUT2D eigenvalue weighted by atomic mass is 16.6. The van der Waals surface area contributed by atoms with Gasteiger partial charge in [-0.2, -0.15) is 0 Å². The van der Waals surface area contributed by atoms with Gasteiger partial charge in [-0.3, -0.25) is 4.79 Å². The van der Waals surface area contributed by atoms with Crippen molar-refractivity contribution < 1.29 is 14.3 Å². The quantitative estimate of drug-likeness (QED) is 0.896. The predicted octanol–water partition coefficient (Wildman–Crippen LogP) is 2.77. The van der Waals surface area contributed by atoms with Crippen LogP contribution in [-0.2, 0) is 4.74 Å². The van der Waals surface area contributed by atoms with E-state index in [1.807, 2.05) is 50.4 Å². The monoisotopic (exact) mass is 358 g/mol. The average Bonchev–Trinajstić information content (AvgIpc) is 2.97. The largest absolute Gasteiger partial charge is 0.444 e. The van der Waals surface area contributed by atoms with Crippen molar-refractivity contribution in [3.8, 4) is 0 Å². The fourth-order valence-electron chi connectivity index (χ4n) is 2.99. The third-order valence-electron chi connectivity index (χ3n) is 4.33. The van der Waals surface area contributed by atoms with Crippen LogP contribution in [0.2, 0.25) is 0 Å². The molecule has 0 atom stereocenters. The minimum atomic E-state index is -0.496. The summed E-state index contributed by atoms with van der Waals surface area (Å²) < 4.78 is 7.23. The summed E-state index contributed by atoms with van der Waals surface area (Å²) in [5.41, 5.74) is 1.77. The Labute approximate surface area is 153 Å². The maximum absolute atomic E-state index is 12.5. The predicted molar refractivity (Wildman–Crippen MR) is 98.2 cm³/mol. The van der Waals surface area contributed by atoms with Crippen LogP contribution in [0.3, 0.4) is 0 Å². The molecule has 7 nitrogen and oxygen atoms in total. The van der Waals surface area contributed by atoms with Gasteiger partial charge in [0.1, 0.15) is 16.9 Å². The number of nitrogens with zero attached hydrogens (tertiary/aromatic N) is 3. The highest BCUT2D eigenvalue weighted by Gasteiger charge is 2.28. The van der Waals surface area contributed by atoms with Crippen LogP contribution >= 0.6 is 0 Å². The normalized spacial score (nSPS) is 15.9. The Morgan fingerprint density at radius 2 is 1.96 bits per heavy atom. The standard InChI is InChI=1S/C19H26N4O3/c1-13-5-8-23-12-15(21-16(23)11-13)17(24)20-14-6-9-22(10-7-14)18(25)26-19(2,3)4/h5,8,11-12,14H,6-7,9-10H2,1-4H3,(H,20,24). The van der Waals surface area contributed by atoms with Crippen molar-refractivity contribution in [2.45, 2.75) is 52.2 Å². The number of imidazole rings is 1. The molecule has 1 saturated heterocycles. The molecule has 1 N–H and O–H groups in total. The second kappa shape index (κ2) is 6.97. The smallest absolute Gasteiger partial charge is 0.410 e. The Balaban J connectivity index is 1.55. The van der Waals surface area contributed by atoms with Crippen molar-refractivity contribution >= 4 is 17.6 Å². The van der Waals surface area contributed by atoms with Gasteiger partial charge in [0, 0.05) is 31.5 Å². The molecule has 0 aromatic carbocycles. The summed E-state index contributed by atoms with van der Waals surface area (Å²) in [5.74, 6) is -0.179. The summed E-state index contributed by atoms with van der Waals surface area (Å²) in [7, 11) is 0. The number of carbonyl (C=O) groups is 2. The summed E-state index contributed by atoms with van der Waals surface area (Å²) in [5, 5.41) is 3.02.